The Labute approximate surface area is 145 Å². The first-order chi connectivity index (χ1) is 12.3. The lowest BCUT2D eigenvalue weighted by Crippen LogP contribution is -2.15. The highest BCUT2D eigenvalue weighted by Crippen LogP contribution is 2.39. The highest BCUT2D eigenvalue weighted by Gasteiger charge is 2.20. The van der Waals surface area contributed by atoms with E-state index in [2.05, 4.69) is 4.98 Å². The topological polar surface area (TPSA) is 56.0 Å². The predicted molar refractivity (Wildman–Crippen MR) is 101 cm³/mol. The number of hydrogen-bond donors (Lipinski definition) is 1. The lowest BCUT2D eigenvalue weighted by molar-refractivity contribution is 0.0996. The van der Waals surface area contributed by atoms with Crippen molar-refractivity contribution in [3.8, 4) is 22.3 Å². The van der Waals surface area contributed by atoms with E-state index in [4.69, 9.17) is 5.73 Å². The average molecular weight is 324 g/mol. The van der Waals surface area contributed by atoms with Crippen molar-refractivity contribution in [2.75, 3.05) is 0 Å². The molecule has 0 saturated heterocycles. The molecule has 1 amide bonds. The maximum absolute atomic E-state index is 12.2. The summed E-state index contributed by atoms with van der Waals surface area (Å²) in [5.74, 6) is -0.526. The molecule has 1 heterocycles. The molecule has 0 atom stereocenters. The SMILES string of the molecule is NC(=O)c1nc2ccccc2c(-c2ccccc2)c1-c1ccccc1. The van der Waals surface area contributed by atoms with Crippen molar-refractivity contribution >= 4 is 16.8 Å². The largest absolute Gasteiger partial charge is 0.364 e. The fraction of sp³-hybridized carbons (Fsp3) is 0. The van der Waals surface area contributed by atoms with Crippen LogP contribution in [0.4, 0.5) is 0 Å². The lowest BCUT2D eigenvalue weighted by Gasteiger charge is -2.16. The molecule has 4 rings (SSSR count). The zero-order valence-electron chi connectivity index (χ0n) is 13.5. The smallest absolute Gasteiger partial charge is 0.267 e. The fourth-order valence-electron chi connectivity index (χ4n) is 3.18. The van der Waals surface area contributed by atoms with Crippen LogP contribution >= 0.6 is 0 Å². The highest BCUT2D eigenvalue weighted by atomic mass is 16.1. The van der Waals surface area contributed by atoms with E-state index in [1.807, 2.05) is 84.9 Å². The van der Waals surface area contributed by atoms with Crippen molar-refractivity contribution < 1.29 is 4.79 Å². The van der Waals surface area contributed by atoms with Crippen LogP contribution in [0.2, 0.25) is 0 Å². The number of nitrogens with zero attached hydrogens (tertiary/aromatic N) is 1. The second kappa shape index (κ2) is 6.21. The van der Waals surface area contributed by atoms with E-state index in [1.165, 1.54) is 0 Å². The standard InChI is InChI=1S/C22H16N2O/c23-22(25)21-20(16-11-5-2-6-12-16)19(15-9-3-1-4-10-15)17-13-7-8-14-18(17)24-21/h1-14H,(H2,23,25). The van der Waals surface area contributed by atoms with E-state index in [9.17, 15) is 4.79 Å². The molecule has 120 valence electrons. The molecule has 0 spiro atoms. The Morgan fingerprint density at radius 2 is 1.20 bits per heavy atom. The first kappa shape index (κ1) is 15.1. The minimum atomic E-state index is -0.526. The second-order valence-corrected chi connectivity index (χ2v) is 5.82. The molecule has 0 aliphatic rings. The maximum atomic E-state index is 12.2. The van der Waals surface area contributed by atoms with E-state index in [0.717, 1.165) is 33.2 Å². The number of amides is 1. The third-order valence-electron chi connectivity index (χ3n) is 4.25. The molecule has 0 unspecified atom stereocenters. The van der Waals surface area contributed by atoms with Crippen LogP contribution < -0.4 is 5.73 Å². The number of carbonyl (C=O) groups is 1. The fourth-order valence-corrected chi connectivity index (χ4v) is 3.18. The number of para-hydroxylation sites is 1. The van der Waals surface area contributed by atoms with Gasteiger partial charge in [-0.15, -0.1) is 0 Å². The van der Waals surface area contributed by atoms with Crippen LogP contribution in [0.25, 0.3) is 33.2 Å². The zero-order chi connectivity index (χ0) is 17.2. The summed E-state index contributed by atoms with van der Waals surface area (Å²) < 4.78 is 0. The number of nitrogens with two attached hydrogens (primary N) is 1. The molecule has 3 aromatic carbocycles. The Balaban J connectivity index is 2.20. The summed E-state index contributed by atoms with van der Waals surface area (Å²) in [4.78, 5) is 16.7. The number of aromatic nitrogens is 1. The van der Waals surface area contributed by atoms with Crippen LogP contribution in [0.1, 0.15) is 10.5 Å². The van der Waals surface area contributed by atoms with Gasteiger partial charge in [0.25, 0.3) is 5.91 Å². The van der Waals surface area contributed by atoms with Crippen LogP contribution in [0, 0.1) is 0 Å². The minimum Gasteiger partial charge on any atom is -0.364 e. The van der Waals surface area contributed by atoms with Crippen molar-refractivity contribution in [3.05, 3.63) is 90.6 Å². The molecular formula is C22H16N2O. The van der Waals surface area contributed by atoms with Gasteiger partial charge in [0, 0.05) is 16.5 Å². The van der Waals surface area contributed by atoms with E-state index in [1.54, 1.807) is 0 Å². The van der Waals surface area contributed by atoms with Crippen molar-refractivity contribution in [3.63, 3.8) is 0 Å². The highest BCUT2D eigenvalue weighted by molar-refractivity contribution is 6.10. The quantitative estimate of drug-likeness (QED) is 0.595. The Morgan fingerprint density at radius 3 is 1.80 bits per heavy atom. The molecule has 0 aliphatic carbocycles. The molecule has 25 heavy (non-hydrogen) atoms. The Bertz CT molecular complexity index is 1060. The number of carbonyl (C=O) groups excluding carboxylic acids is 1. The first-order valence-electron chi connectivity index (χ1n) is 8.09. The molecular weight excluding hydrogens is 308 g/mol. The van der Waals surface area contributed by atoms with Gasteiger partial charge in [-0.25, -0.2) is 4.98 Å². The minimum absolute atomic E-state index is 0.295. The van der Waals surface area contributed by atoms with Gasteiger partial charge in [0.2, 0.25) is 0 Å². The molecule has 0 fully saturated rings. The molecule has 0 bridgehead atoms. The number of hydrogen-bond acceptors (Lipinski definition) is 2. The number of benzene rings is 3. The van der Waals surface area contributed by atoms with E-state index in [0.29, 0.717) is 5.69 Å². The molecule has 4 aromatic rings. The van der Waals surface area contributed by atoms with Crippen LogP contribution in [0.3, 0.4) is 0 Å². The first-order valence-corrected chi connectivity index (χ1v) is 8.09. The molecule has 1 aromatic heterocycles. The third-order valence-corrected chi connectivity index (χ3v) is 4.25. The van der Waals surface area contributed by atoms with E-state index in [-0.39, 0.29) is 0 Å². The second-order valence-electron chi connectivity index (χ2n) is 5.82. The summed E-state index contributed by atoms with van der Waals surface area (Å²) in [7, 11) is 0. The molecule has 0 saturated carbocycles. The van der Waals surface area contributed by atoms with Gasteiger partial charge < -0.3 is 5.73 Å². The van der Waals surface area contributed by atoms with Crippen LogP contribution in [-0.2, 0) is 0 Å². The monoisotopic (exact) mass is 324 g/mol. The number of rotatable bonds is 3. The zero-order valence-corrected chi connectivity index (χ0v) is 13.5. The summed E-state index contributed by atoms with van der Waals surface area (Å²) in [6, 6.07) is 27.7. The van der Waals surface area contributed by atoms with Gasteiger partial charge in [0.15, 0.2) is 0 Å². The van der Waals surface area contributed by atoms with Gasteiger partial charge >= 0.3 is 0 Å². The molecule has 3 heteroatoms. The van der Waals surface area contributed by atoms with Crippen molar-refractivity contribution in [2.45, 2.75) is 0 Å². The summed E-state index contributed by atoms with van der Waals surface area (Å²) >= 11 is 0. The van der Waals surface area contributed by atoms with Crippen LogP contribution in [0.15, 0.2) is 84.9 Å². The summed E-state index contributed by atoms with van der Waals surface area (Å²) in [5.41, 5.74) is 10.5. The van der Waals surface area contributed by atoms with Gasteiger partial charge in [-0.1, -0.05) is 78.9 Å². The van der Waals surface area contributed by atoms with Gasteiger partial charge in [-0.3, -0.25) is 4.79 Å². The number of pyridine rings is 1. The Hall–Kier alpha value is -3.46. The van der Waals surface area contributed by atoms with E-state index >= 15 is 0 Å². The lowest BCUT2D eigenvalue weighted by atomic mass is 9.90. The summed E-state index contributed by atoms with van der Waals surface area (Å²) in [5, 5.41) is 0.998. The van der Waals surface area contributed by atoms with Crippen LogP contribution in [-0.4, -0.2) is 10.9 Å². The Morgan fingerprint density at radius 1 is 0.680 bits per heavy atom. The summed E-state index contributed by atoms with van der Waals surface area (Å²) in [6.45, 7) is 0. The molecule has 3 nitrogen and oxygen atoms in total. The molecule has 0 radical (unpaired) electrons. The van der Waals surface area contributed by atoms with Crippen molar-refractivity contribution in [1.82, 2.24) is 4.98 Å². The normalized spacial score (nSPS) is 10.7. The van der Waals surface area contributed by atoms with Gasteiger partial charge in [-0.2, -0.15) is 0 Å². The van der Waals surface area contributed by atoms with Crippen molar-refractivity contribution in [1.29, 1.82) is 0 Å². The van der Waals surface area contributed by atoms with Gasteiger partial charge in [0.1, 0.15) is 5.69 Å². The number of primary amides is 1. The van der Waals surface area contributed by atoms with Crippen molar-refractivity contribution in [2.24, 2.45) is 5.73 Å². The Kier molecular flexibility index (Phi) is 3.75. The average Bonchev–Trinajstić information content (AvgIpc) is 2.67. The predicted octanol–water partition coefficient (Wildman–Crippen LogP) is 4.67. The third kappa shape index (κ3) is 2.66. The maximum Gasteiger partial charge on any atom is 0.267 e. The van der Waals surface area contributed by atoms with E-state index < -0.39 is 5.91 Å². The van der Waals surface area contributed by atoms with Gasteiger partial charge in [-0.05, 0) is 17.2 Å². The summed E-state index contributed by atoms with van der Waals surface area (Å²) in [6.07, 6.45) is 0. The molecule has 2 N–H and O–H groups in total. The van der Waals surface area contributed by atoms with Crippen LogP contribution in [0.5, 0.6) is 0 Å². The number of fused-ring (bicyclic) bond motifs is 1. The van der Waals surface area contributed by atoms with Gasteiger partial charge in [0.05, 0.1) is 5.52 Å². The molecule has 0 aliphatic heterocycles.